The summed E-state index contributed by atoms with van der Waals surface area (Å²) in [6.45, 7) is 8.14. The molecular weight excluding hydrogens is 368 g/mol. The minimum Gasteiger partial charge on any atom is -0.350 e. The molecule has 2 amide bonds. The number of carbonyl (C=O) groups is 2. The molecule has 2 aromatic rings. The number of benzene rings is 2. The van der Waals surface area contributed by atoms with Gasteiger partial charge in [0.1, 0.15) is 6.04 Å². The molecule has 0 aliphatic rings. The lowest BCUT2D eigenvalue weighted by Gasteiger charge is -2.31. The zero-order valence-corrected chi connectivity index (χ0v) is 18.0. The van der Waals surface area contributed by atoms with Crippen LogP contribution < -0.4 is 5.32 Å². The largest absolute Gasteiger partial charge is 0.350 e. The maximum atomic E-state index is 13.0. The third kappa shape index (κ3) is 7.39. The predicted molar refractivity (Wildman–Crippen MR) is 116 cm³/mol. The molecule has 1 atom stereocenters. The second-order valence-corrected chi connectivity index (χ2v) is 8.89. The van der Waals surface area contributed by atoms with Gasteiger partial charge in [0.15, 0.2) is 0 Å². The van der Waals surface area contributed by atoms with Crippen molar-refractivity contribution in [1.82, 2.24) is 10.2 Å². The van der Waals surface area contributed by atoms with Crippen molar-refractivity contribution in [2.75, 3.05) is 12.3 Å². The smallest absolute Gasteiger partial charge is 0.242 e. The minimum atomic E-state index is -0.521. The number of carbonyl (C=O) groups excluding carboxylic acids is 2. The van der Waals surface area contributed by atoms with Crippen molar-refractivity contribution in [3.8, 4) is 0 Å². The first-order valence-electron chi connectivity index (χ1n) is 9.59. The van der Waals surface area contributed by atoms with Crippen LogP contribution in [0.5, 0.6) is 0 Å². The van der Waals surface area contributed by atoms with Crippen molar-refractivity contribution in [3.05, 3.63) is 66.2 Å². The first-order chi connectivity index (χ1) is 13.3. The highest BCUT2D eigenvalue weighted by Crippen LogP contribution is 2.18. The molecule has 0 fully saturated rings. The van der Waals surface area contributed by atoms with E-state index >= 15 is 0 Å². The Labute approximate surface area is 172 Å². The van der Waals surface area contributed by atoms with Crippen LogP contribution in [0.15, 0.2) is 65.6 Å². The number of nitrogens with one attached hydrogen (secondary N) is 1. The maximum Gasteiger partial charge on any atom is 0.242 e. The van der Waals surface area contributed by atoms with Crippen molar-refractivity contribution in [3.63, 3.8) is 0 Å². The van der Waals surface area contributed by atoms with Gasteiger partial charge in [-0.3, -0.25) is 9.59 Å². The number of nitrogens with zero attached hydrogens (tertiary/aromatic N) is 1. The Morgan fingerprint density at radius 2 is 1.57 bits per heavy atom. The van der Waals surface area contributed by atoms with Crippen LogP contribution in [0.2, 0.25) is 0 Å². The standard InChI is InChI=1S/C23H30N2O2S/c1-18(22(27)24-23(2,3)4)25(16-15-19-11-7-5-8-12-19)21(26)17-28-20-13-9-6-10-14-20/h5-14,18H,15-17H2,1-4H3,(H,24,27). The van der Waals surface area contributed by atoms with Crippen LogP contribution in [-0.4, -0.2) is 40.6 Å². The molecule has 2 aromatic carbocycles. The Hall–Kier alpha value is -2.27. The fourth-order valence-corrected chi connectivity index (χ4v) is 3.59. The Morgan fingerprint density at radius 3 is 2.14 bits per heavy atom. The molecule has 150 valence electrons. The number of hydrogen-bond donors (Lipinski definition) is 1. The lowest BCUT2D eigenvalue weighted by Crippen LogP contribution is -2.53. The van der Waals surface area contributed by atoms with E-state index in [4.69, 9.17) is 0 Å². The van der Waals surface area contributed by atoms with E-state index in [1.807, 2.05) is 81.4 Å². The fraction of sp³-hybridized carbons (Fsp3) is 0.391. The van der Waals surface area contributed by atoms with Crippen molar-refractivity contribution in [1.29, 1.82) is 0 Å². The zero-order chi connectivity index (χ0) is 20.6. The van der Waals surface area contributed by atoms with E-state index in [0.29, 0.717) is 12.3 Å². The third-order valence-corrected chi connectivity index (χ3v) is 5.25. The van der Waals surface area contributed by atoms with E-state index < -0.39 is 6.04 Å². The van der Waals surface area contributed by atoms with Crippen LogP contribution in [-0.2, 0) is 16.0 Å². The molecule has 5 heteroatoms. The second kappa shape index (κ2) is 10.3. The highest BCUT2D eigenvalue weighted by atomic mass is 32.2. The Kier molecular flexibility index (Phi) is 8.12. The summed E-state index contributed by atoms with van der Waals surface area (Å²) in [6, 6.07) is 19.4. The summed E-state index contributed by atoms with van der Waals surface area (Å²) in [5.74, 6) is 0.159. The molecule has 0 aliphatic carbocycles. The molecule has 0 saturated heterocycles. The molecule has 0 spiro atoms. The lowest BCUT2D eigenvalue weighted by atomic mass is 10.1. The minimum absolute atomic E-state index is 0.0265. The van der Waals surface area contributed by atoms with Crippen molar-refractivity contribution in [2.24, 2.45) is 0 Å². The zero-order valence-electron chi connectivity index (χ0n) is 17.1. The van der Waals surface area contributed by atoms with Gasteiger partial charge in [-0.05, 0) is 51.8 Å². The van der Waals surface area contributed by atoms with Gasteiger partial charge in [0.25, 0.3) is 0 Å². The monoisotopic (exact) mass is 398 g/mol. The van der Waals surface area contributed by atoms with E-state index in [1.54, 1.807) is 11.8 Å². The summed E-state index contributed by atoms with van der Waals surface area (Å²) in [4.78, 5) is 28.4. The maximum absolute atomic E-state index is 13.0. The highest BCUT2D eigenvalue weighted by molar-refractivity contribution is 8.00. The molecule has 0 aromatic heterocycles. The quantitative estimate of drug-likeness (QED) is 0.680. The van der Waals surface area contributed by atoms with Crippen LogP contribution in [0.4, 0.5) is 0 Å². The molecule has 1 N–H and O–H groups in total. The van der Waals surface area contributed by atoms with E-state index in [0.717, 1.165) is 16.9 Å². The van der Waals surface area contributed by atoms with Gasteiger partial charge in [0.05, 0.1) is 5.75 Å². The molecule has 0 radical (unpaired) electrons. The van der Waals surface area contributed by atoms with Crippen molar-refractivity contribution >= 4 is 23.6 Å². The molecular formula is C23H30N2O2S. The first kappa shape index (κ1) is 22.0. The first-order valence-corrected chi connectivity index (χ1v) is 10.6. The molecule has 0 heterocycles. The van der Waals surface area contributed by atoms with E-state index in [1.165, 1.54) is 11.8 Å². The molecule has 1 unspecified atom stereocenters. The molecule has 28 heavy (non-hydrogen) atoms. The van der Waals surface area contributed by atoms with Gasteiger partial charge in [-0.1, -0.05) is 48.5 Å². The van der Waals surface area contributed by atoms with Crippen LogP contribution in [0.1, 0.15) is 33.3 Å². The number of rotatable bonds is 8. The number of amides is 2. The van der Waals surface area contributed by atoms with Gasteiger partial charge >= 0.3 is 0 Å². The fourth-order valence-electron chi connectivity index (χ4n) is 2.79. The van der Waals surface area contributed by atoms with Gasteiger partial charge in [0, 0.05) is 17.0 Å². The van der Waals surface area contributed by atoms with Crippen molar-refractivity contribution in [2.45, 2.75) is 50.6 Å². The van der Waals surface area contributed by atoms with E-state index in [2.05, 4.69) is 5.32 Å². The van der Waals surface area contributed by atoms with E-state index in [9.17, 15) is 9.59 Å². The molecule has 4 nitrogen and oxygen atoms in total. The summed E-state index contributed by atoms with van der Waals surface area (Å²) in [5, 5.41) is 2.99. The average molecular weight is 399 g/mol. The van der Waals surface area contributed by atoms with Gasteiger partial charge in [-0.2, -0.15) is 0 Å². The molecule has 0 saturated carbocycles. The normalized spacial score (nSPS) is 12.3. The number of hydrogen-bond acceptors (Lipinski definition) is 3. The van der Waals surface area contributed by atoms with Gasteiger partial charge in [0.2, 0.25) is 11.8 Å². The van der Waals surface area contributed by atoms with Gasteiger partial charge in [-0.15, -0.1) is 11.8 Å². The highest BCUT2D eigenvalue weighted by Gasteiger charge is 2.27. The van der Waals surface area contributed by atoms with Crippen LogP contribution in [0, 0.1) is 0 Å². The molecule has 0 aliphatic heterocycles. The van der Waals surface area contributed by atoms with Gasteiger partial charge in [-0.25, -0.2) is 0 Å². The topological polar surface area (TPSA) is 49.4 Å². The predicted octanol–water partition coefficient (Wildman–Crippen LogP) is 4.15. The third-order valence-electron chi connectivity index (χ3n) is 4.26. The average Bonchev–Trinajstić information content (AvgIpc) is 2.66. The summed E-state index contributed by atoms with van der Waals surface area (Å²) in [7, 11) is 0. The molecule has 0 bridgehead atoms. The summed E-state index contributed by atoms with van der Waals surface area (Å²) in [6.07, 6.45) is 0.718. The summed E-state index contributed by atoms with van der Waals surface area (Å²) >= 11 is 1.50. The number of thioether (sulfide) groups is 1. The van der Waals surface area contributed by atoms with Crippen LogP contribution >= 0.6 is 11.8 Å². The van der Waals surface area contributed by atoms with Crippen LogP contribution in [0.3, 0.4) is 0 Å². The van der Waals surface area contributed by atoms with Gasteiger partial charge < -0.3 is 10.2 Å². The van der Waals surface area contributed by atoms with E-state index in [-0.39, 0.29) is 17.4 Å². The summed E-state index contributed by atoms with van der Waals surface area (Å²) < 4.78 is 0. The molecule has 2 rings (SSSR count). The Bertz CT molecular complexity index is 757. The SMILES string of the molecule is CC(C(=O)NC(C)(C)C)N(CCc1ccccc1)C(=O)CSc1ccccc1. The summed E-state index contributed by atoms with van der Waals surface area (Å²) in [5.41, 5.74) is 0.817. The van der Waals surface area contributed by atoms with Crippen molar-refractivity contribution < 1.29 is 9.59 Å². The Morgan fingerprint density at radius 1 is 1.00 bits per heavy atom. The van der Waals surface area contributed by atoms with Crippen LogP contribution in [0.25, 0.3) is 0 Å². The Balaban J connectivity index is 2.07. The second-order valence-electron chi connectivity index (χ2n) is 7.84. The lowest BCUT2D eigenvalue weighted by molar-refractivity contribution is -0.138.